The van der Waals surface area contributed by atoms with Gasteiger partial charge in [-0.15, -0.1) is 0 Å². The van der Waals surface area contributed by atoms with Gasteiger partial charge in [0.05, 0.1) is 11.5 Å². The molecule has 1 aromatic heterocycles. The summed E-state index contributed by atoms with van der Waals surface area (Å²) in [4.78, 5) is 20.9. The zero-order valence-electron chi connectivity index (χ0n) is 18.9. The number of rotatable bonds is 6. The first-order valence-corrected chi connectivity index (χ1v) is 11.8. The molecule has 1 aliphatic heterocycles. The number of nitrogens with zero attached hydrogens (tertiary/aromatic N) is 3. The van der Waals surface area contributed by atoms with Crippen molar-refractivity contribution in [3.63, 3.8) is 0 Å². The van der Waals surface area contributed by atoms with E-state index in [1.165, 1.54) is 0 Å². The van der Waals surface area contributed by atoms with Crippen molar-refractivity contribution in [2.45, 2.75) is 68.4 Å². The molecule has 2 heterocycles. The van der Waals surface area contributed by atoms with Crippen LogP contribution < -0.4 is 16.0 Å². The monoisotopic (exact) mass is 446 g/mol. The van der Waals surface area contributed by atoms with Crippen molar-refractivity contribution >= 4 is 17.7 Å². The largest absolute Gasteiger partial charge is 0.446 e. The Kier molecular flexibility index (Phi) is 5.67. The summed E-state index contributed by atoms with van der Waals surface area (Å²) in [6.07, 6.45) is 8.60. The lowest BCUT2D eigenvalue weighted by molar-refractivity contribution is 0.0373. The molecule has 8 heteroatoms. The van der Waals surface area contributed by atoms with Gasteiger partial charge in [0.1, 0.15) is 6.10 Å². The summed E-state index contributed by atoms with van der Waals surface area (Å²) >= 11 is 0. The molecule has 3 aliphatic rings. The number of amides is 1. The highest BCUT2D eigenvalue weighted by molar-refractivity contribution is 5.69. The molecule has 3 N–H and O–H groups in total. The van der Waals surface area contributed by atoms with Crippen LogP contribution in [0.25, 0.3) is 0 Å². The van der Waals surface area contributed by atoms with Crippen molar-refractivity contribution in [1.82, 2.24) is 20.6 Å². The average Bonchev–Trinajstić information content (AvgIpc) is 3.53. The lowest BCUT2D eigenvalue weighted by Crippen LogP contribution is -2.40. The Labute approximate surface area is 194 Å². The predicted octanol–water partition coefficient (Wildman–Crippen LogP) is 3.89. The maximum Gasteiger partial charge on any atom is 0.407 e. The number of nitriles is 1. The molecule has 172 valence electrons. The summed E-state index contributed by atoms with van der Waals surface area (Å²) in [6.45, 7) is 3.75. The molecule has 33 heavy (non-hydrogen) atoms. The Bertz CT molecular complexity index is 1050. The first-order valence-electron chi connectivity index (χ1n) is 11.8. The molecule has 5 rings (SSSR count). The second-order valence-electron chi connectivity index (χ2n) is 9.87. The van der Waals surface area contributed by atoms with Gasteiger partial charge < -0.3 is 20.7 Å². The summed E-state index contributed by atoms with van der Waals surface area (Å²) in [6, 6.07) is 10.6. The van der Waals surface area contributed by atoms with E-state index in [2.05, 4.69) is 32.0 Å². The first-order chi connectivity index (χ1) is 16.0. The van der Waals surface area contributed by atoms with E-state index in [1.807, 2.05) is 43.6 Å². The summed E-state index contributed by atoms with van der Waals surface area (Å²) < 4.78 is 5.51. The Hall–Kier alpha value is -3.18. The number of ether oxygens (including phenoxy) is 1. The van der Waals surface area contributed by atoms with Crippen LogP contribution in [-0.2, 0) is 10.2 Å². The Morgan fingerprint density at radius 1 is 1.18 bits per heavy atom. The van der Waals surface area contributed by atoms with E-state index in [4.69, 9.17) is 4.74 Å². The maximum atomic E-state index is 11.9. The van der Waals surface area contributed by atoms with Gasteiger partial charge in [-0.25, -0.2) is 14.8 Å². The third-order valence-electron chi connectivity index (χ3n) is 7.26. The molecule has 0 radical (unpaired) electrons. The highest BCUT2D eigenvalue weighted by Crippen LogP contribution is 2.39. The minimum Gasteiger partial charge on any atom is -0.446 e. The minimum atomic E-state index is -0.441. The highest BCUT2D eigenvalue weighted by atomic mass is 16.6. The van der Waals surface area contributed by atoms with Gasteiger partial charge in [-0.1, -0.05) is 12.1 Å². The molecule has 2 saturated carbocycles. The average molecular weight is 447 g/mol. The number of benzene rings is 1. The van der Waals surface area contributed by atoms with Crippen molar-refractivity contribution in [2.24, 2.45) is 0 Å². The van der Waals surface area contributed by atoms with Gasteiger partial charge in [-0.2, -0.15) is 5.26 Å². The zero-order valence-corrected chi connectivity index (χ0v) is 18.9. The second kappa shape index (κ2) is 8.64. The van der Waals surface area contributed by atoms with Gasteiger partial charge in [0.2, 0.25) is 5.95 Å². The van der Waals surface area contributed by atoms with Crippen LogP contribution in [0.5, 0.6) is 0 Å². The molecule has 1 amide bonds. The number of hydrogen-bond donors (Lipinski definition) is 3. The van der Waals surface area contributed by atoms with E-state index in [0.717, 1.165) is 68.4 Å². The van der Waals surface area contributed by atoms with Crippen molar-refractivity contribution in [3.8, 4) is 6.07 Å². The number of alkyl carbamates (subject to hydrolysis) is 1. The highest BCUT2D eigenvalue weighted by Gasteiger charge is 2.41. The molecule has 1 aromatic carbocycles. The topological polar surface area (TPSA) is 112 Å². The lowest BCUT2D eigenvalue weighted by atomic mass is 9.74. The summed E-state index contributed by atoms with van der Waals surface area (Å²) in [5, 5.41) is 19.4. The Balaban J connectivity index is 1.16. The van der Waals surface area contributed by atoms with Gasteiger partial charge in [0, 0.05) is 23.6 Å². The summed E-state index contributed by atoms with van der Waals surface area (Å²) in [7, 11) is 0. The van der Waals surface area contributed by atoms with Crippen LogP contribution >= 0.6 is 0 Å². The Morgan fingerprint density at radius 2 is 1.91 bits per heavy atom. The van der Waals surface area contributed by atoms with Crippen LogP contribution in [0.4, 0.5) is 16.4 Å². The van der Waals surface area contributed by atoms with Crippen molar-refractivity contribution in [2.75, 3.05) is 18.4 Å². The van der Waals surface area contributed by atoms with Gasteiger partial charge in [0.25, 0.3) is 0 Å². The van der Waals surface area contributed by atoms with E-state index in [9.17, 15) is 10.1 Å². The number of carbonyl (C=O) groups is 1. The lowest BCUT2D eigenvalue weighted by Gasteiger charge is -2.34. The van der Waals surface area contributed by atoms with Crippen LogP contribution in [0.3, 0.4) is 0 Å². The molecule has 1 saturated heterocycles. The quantitative estimate of drug-likeness (QED) is 0.617. The molecule has 0 spiro atoms. The third-order valence-corrected chi connectivity index (χ3v) is 7.26. The standard InChI is InChI=1S/C25H30N6O2/c1-24(5-6-24)31-23(32)33-21-11-17(12-21)18-14-28-22(29-15-18)30-20-4-2-3-19(13-20)25(16-26)7-9-27-10-8-25/h2-4,13-15,17,21,27H,5-12H2,1H3,(H,31,32)(H,28,29,30). The number of hydrogen-bond acceptors (Lipinski definition) is 7. The molecule has 2 aliphatic carbocycles. The number of nitrogens with one attached hydrogen (secondary N) is 3. The van der Waals surface area contributed by atoms with Crippen LogP contribution in [-0.4, -0.2) is 40.8 Å². The molecular weight excluding hydrogens is 416 g/mol. The van der Waals surface area contributed by atoms with E-state index in [1.54, 1.807) is 0 Å². The van der Waals surface area contributed by atoms with E-state index < -0.39 is 5.41 Å². The van der Waals surface area contributed by atoms with E-state index in [0.29, 0.717) is 11.9 Å². The van der Waals surface area contributed by atoms with Crippen molar-refractivity contribution in [1.29, 1.82) is 5.26 Å². The van der Waals surface area contributed by atoms with Gasteiger partial charge >= 0.3 is 6.09 Å². The fourth-order valence-electron chi connectivity index (χ4n) is 4.63. The van der Waals surface area contributed by atoms with E-state index in [-0.39, 0.29) is 17.7 Å². The van der Waals surface area contributed by atoms with Gasteiger partial charge in [-0.05, 0) is 87.7 Å². The normalized spacial score (nSPS) is 24.6. The second-order valence-corrected chi connectivity index (χ2v) is 9.87. The molecule has 0 bridgehead atoms. The number of aromatic nitrogens is 2. The van der Waals surface area contributed by atoms with Crippen molar-refractivity contribution < 1.29 is 9.53 Å². The van der Waals surface area contributed by atoms with Crippen LogP contribution in [0.2, 0.25) is 0 Å². The Morgan fingerprint density at radius 3 is 2.58 bits per heavy atom. The third kappa shape index (κ3) is 4.79. The zero-order chi connectivity index (χ0) is 22.9. The smallest absolute Gasteiger partial charge is 0.407 e. The molecule has 0 atom stereocenters. The minimum absolute atomic E-state index is 0.0414. The number of anilines is 2. The molecule has 8 nitrogen and oxygen atoms in total. The molecule has 0 unspecified atom stereocenters. The van der Waals surface area contributed by atoms with Crippen LogP contribution in [0, 0.1) is 11.3 Å². The molecule has 2 aromatic rings. The first kappa shape index (κ1) is 21.7. The van der Waals surface area contributed by atoms with Gasteiger partial charge in [0.15, 0.2) is 0 Å². The van der Waals surface area contributed by atoms with E-state index >= 15 is 0 Å². The maximum absolute atomic E-state index is 11.9. The number of carbonyl (C=O) groups excluding carboxylic acids is 1. The molecular formula is C25H30N6O2. The fraction of sp³-hybridized carbons (Fsp3) is 0.520. The SMILES string of the molecule is CC1(NC(=O)OC2CC(c3cnc(Nc4cccc(C5(C#N)CCNCC5)c4)nc3)C2)CC1. The van der Waals surface area contributed by atoms with Gasteiger partial charge in [-0.3, -0.25) is 0 Å². The predicted molar refractivity (Wildman–Crippen MR) is 124 cm³/mol. The summed E-state index contributed by atoms with van der Waals surface area (Å²) in [5.74, 6) is 0.837. The molecule has 3 fully saturated rings. The fourth-order valence-corrected chi connectivity index (χ4v) is 4.63. The van der Waals surface area contributed by atoms with Crippen LogP contribution in [0.1, 0.15) is 62.5 Å². The van der Waals surface area contributed by atoms with Crippen LogP contribution in [0.15, 0.2) is 36.7 Å². The van der Waals surface area contributed by atoms with Crippen molar-refractivity contribution in [3.05, 3.63) is 47.8 Å². The summed E-state index contributed by atoms with van der Waals surface area (Å²) in [5.41, 5.74) is 2.47. The number of piperidine rings is 1.